The maximum absolute atomic E-state index is 13.0. The Kier molecular flexibility index (Phi) is 8.38. The first-order valence-corrected chi connectivity index (χ1v) is 12.1. The van der Waals surface area contributed by atoms with Crippen LogP contribution < -0.4 is 20.7 Å². The summed E-state index contributed by atoms with van der Waals surface area (Å²) < 4.78 is 44.6. The largest absolute Gasteiger partial charge is 0.456 e. The number of aromatic nitrogens is 2. The molecule has 3 aromatic rings. The zero-order valence-electron chi connectivity index (χ0n) is 20.7. The first-order chi connectivity index (χ1) is 18.1. The van der Waals surface area contributed by atoms with Crippen molar-refractivity contribution in [1.29, 1.82) is 0 Å². The number of carbonyl (C=O) groups is 1. The molecule has 0 radical (unpaired) electrons. The van der Waals surface area contributed by atoms with Crippen LogP contribution >= 0.6 is 11.6 Å². The third-order valence-electron chi connectivity index (χ3n) is 5.61. The Morgan fingerprint density at radius 3 is 2.74 bits per heavy atom. The van der Waals surface area contributed by atoms with Gasteiger partial charge >= 0.3 is 6.18 Å². The number of amides is 1. The summed E-state index contributed by atoms with van der Waals surface area (Å²) in [5.41, 5.74) is 0.946. The average Bonchev–Trinajstić information content (AvgIpc) is 3.09. The highest BCUT2D eigenvalue weighted by Crippen LogP contribution is 2.36. The summed E-state index contributed by atoms with van der Waals surface area (Å²) >= 11 is 6.38. The van der Waals surface area contributed by atoms with Crippen molar-refractivity contribution in [3.05, 3.63) is 70.5 Å². The summed E-state index contributed by atoms with van der Waals surface area (Å²) in [6.45, 7) is 1.77. The fourth-order valence-corrected chi connectivity index (χ4v) is 3.90. The van der Waals surface area contributed by atoms with Crippen LogP contribution in [0.25, 0.3) is 6.08 Å². The number of nitrogens with zero attached hydrogens (tertiary/aromatic N) is 3. The topological polar surface area (TPSA) is 91.4 Å². The zero-order valence-corrected chi connectivity index (χ0v) is 21.5. The average molecular weight is 547 g/mol. The van der Waals surface area contributed by atoms with Crippen LogP contribution in [0, 0.1) is 0 Å². The monoisotopic (exact) mass is 546 g/mol. The van der Waals surface area contributed by atoms with E-state index < -0.39 is 11.7 Å². The van der Waals surface area contributed by atoms with Crippen LogP contribution in [-0.2, 0) is 11.0 Å². The molecule has 1 aliphatic rings. The van der Waals surface area contributed by atoms with Crippen molar-refractivity contribution >= 4 is 40.9 Å². The van der Waals surface area contributed by atoms with Crippen LogP contribution in [0.1, 0.15) is 17.5 Å². The number of halogens is 4. The van der Waals surface area contributed by atoms with Gasteiger partial charge < -0.3 is 25.6 Å². The number of rotatable bonds is 8. The minimum atomic E-state index is -4.48. The number of likely N-dealkylation sites (N-methyl/N-ethyl adjacent to an activating group) is 1. The molecular weight excluding hydrogens is 521 g/mol. The standard InChI is InChI=1S/C26H26ClF3N6O2/c1-36(2)11-10-32-25(37)16-8-9-31-23-20(12-16)24(34-15-33-23)35-18-6-7-22(21(27)14-18)38-19-5-3-4-17(13-19)26(28,29)30/h3-7,12-15H,8-11H2,1-2H3,(H,32,37)(H2,31,33,34,35). The van der Waals surface area contributed by atoms with Crippen molar-refractivity contribution < 1.29 is 22.7 Å². The first kappa shape index (κ1) is 27.2. The number of nitrogens with one attached hydrogen (secondary N) is 3. The summed E-state index contributed by atoms with van der Waals surface area (Å²) in [4.78, 5) is 23.3. The minimum Gasteiger partial charge on any atom is -0.456 e. The molecule has 8 nitrogen and oxygen atoms in total. The first-order valence-electron chi connectivity index (χ1n) is 11.7. The third kappa shape index (κ3) is 6.93. The Balaban J connectivity index is 1.53. The van der Waals surface area contributed by atoms with Gasteiger partial charge in [-0.3, -0.25) is 4.79 Å². The van der Waals surface area contributed by atoms with Crippen LogP contribution in [-0.4, -0.2) is 54.5 Å². The summed E-state index contributed by atoms with van der Waals surface area (Å²) in [6.07, 6.45) is -0.814. The lowest BCUT2D eigenvalue weighted by atomic mass is 10.1. The predicted octanol–water partition coefficient (Wildman–Crippen LogP) is 5.56. The fourth-order valence-electron chi connectivity index (χ4n) is 3.68. The van der Waals surface area contributed by atoms with Crippen molar-refractivity contribution in [2.24, 2.45) is 0 Å². The van der Waals surface area contributed by atoms with Crippen LogP contribution in [0.5, 0.6) is 11.5 Å². The van der Waals surface area contributed by atoms with E-state index in [0.717, 1.165) is 18.7 Å². The smallest absolute Gasteiger partial charge is 0.416 e. The number of hydrogen-bond acceptors (Lipinski definition) is 7. The van der Waals surface area contributed by atoms with Crippen molar-refractivity contribution in [3.63, 3.8) is 0 Å². The summed E-state index contributed by atoms with van der Waals surface area (Å²) in [7, 11) is 3.87. The van der Waals surface area contributed by atoms with Gasteiger partial charge in [-0.15, -0.1) is 0 Å². The summed E-state index contributed by atoms with van der Waals surface area (Å²) in [5.74, 6) is 1.07. The van der Waals surface area contributed by atoms with Crippen molar-refractivity contribution in [2.45, 2.75) is 12.6 Å². The van der Waals surface area contributed by atoms with Gasteiger partial charge in [0.2, 0.25) is 5.91 Å². The van der Waals surface area contributed by atoms with E-state index in [-0.39, 0.29) is 22.4 Å². The van der Waals surface area contributed by atoms with Gasteiger partial charge in [0, 0.05) is 30.9 Å². The van der Waals surface area contributed by atoms with E-state index in [1.54, 1.807) is 24.3 Å². The highest BCUT2D eigenvalue weighted by atomic mass is 35.5. The molecule has 0 spiro atoms. The van der Waals surface area contributed by atoms with Gasteiger partial charge in [0.05, 0.1) is 16.1 Å². The van der Waals surface area contributed by atoms with Crippen LogP contribution in [0.4, 0.5) is 30.5 Å². The molecule has 0 saturated carbocycles. The molecule has 0 aliphatic carbocycles. The quantitative estimate of drug-likeness (QED) is 0.341. The Labute approximate surface area is 222 Å². The van der Waals surface area contributed by atoms with Gasteiger partial charge in [0.25, 0.3) is 0 Å². The molecule has 0 saturated heterocycles. The van der Waals surface area contributed by atoms with Crippen molar-refractivity contribution in [1.82, 2.24) is 20.2 Å². The second-order valence-corrected chi connectivity index (χ2v) is 9.20. The molecule has 1 aromatic heterocycles. The fraction of sp³-hybridized carbons (Fsp3) is 0.269. The molecule has 2 heterocycles. The molecule has 200 valence electrons. The number of fused-ring (bicyclic) bond motifs is 1. The highest BCUT2D eigenvalue weighted by Gasteiger charge is 2.30. The third-order valence-corrected chi connectivity index (χ3v) is 5.90. The Bertz CT molecular complexity index is 1350. The molecule has 3 N–H and O–H groups in total. The number of ether oxygens (including phenoxy) is 1. The number of hydrogen-bond donors (Lipinski definition) is 3. The van der Waals surface area contributed by atoms with E-state index >= 15 is 0 Å². The molecule has 0 fully saturated rings. The van der Waals surface area contributed by atoms with E-state index in [2.05, 4.69) is 25.9 Å². The summed E-state index contributed by atoms with van der Waals surface area (Å²) in [5, 5.41) is 9.50. The van der Waals surface area contributed by atoms with Gasteiger partial charge in [-0.25, -0.2) is 9.97 Å². The van der Waals surface area contributed by atoms with Gasteiger partial charge in [-0.2, -0.15) is 13.2 Å². The van der Waals surface area contributed by atoms with E-state index in [0.29, 0.717) is 48.0 Å². The molecule has 0 bridgehead atoms. The van der Waals surface area contributed by atoms with Crippen molar-refractivity contribution in [2.75, 3.05) is 44.4 Å². The highest BCUT2D eigenvalue weighted by molar-refractivity contribution is 6.32. The van der Waals surface area contributed by atoms with E-state index in [1.807, 2.05) is 19.0 Å². The van der Waals surface area contributed by atoms with Crippen molar-refractivity contribution in [3.8, 4) is 11.5 Å². The lowest BCUT2D eigenvalue weighted by molar-refractivity contribution is -0.137. The summed E-state index contributed by atoms with van der Waals surface area (Å²) in [6, 6.07) is 9.33. The number of carbonyl (C=O) groups excluding carboxylic acids is 1. The Morgan fingerprint density at radius 2 is 2.00 bits per heavy atom. The molecule has 12 heteroatoms. The number of alkyl halides is 3. The van der Waals surface area contributed by atoms with Gasteiger partial charge in [-0.05, 0) is 63.0 Å². The van der Waals surface area contributed by atoms with Gasteiger partial charge in [0.1, 0.15) is 29.5 Å². The molecule has 4 rings (SSSR count). The van der Waals surface area contributed by atoms with E-state index in [1.165, 1.54) is 18.5 Å². The maximum Gasteiger partial charge on any atom is 0.416 e. The van der Waals surface area contributed by atoms with Crippen LogP contribution in [0.15, 0.2) is 54.4 Å². The lowest BCUT2D eigenvalue weighted by Gasteiger charge is -2.14. The second kappa shape index (κ2) is 11.7. The maximum atomic E-state index is 13.0. The normalized spacial score (nSPS) is 13.2. The minimum absolute atomic E-state index is 0.0103. The van der Waals surface area contributed by atoms with Crippen LogP contribution in [0.3, 0.4) is 0 Å². The number of benzene rings is 2. The molecule has 38 heavy (non-hydrogen) atoms. The molecule has 1 amide bonds. The van der Waals surface area contributed by atoms with E-state index in [4.69, 9.17) is 16.3 Å². The molecule has 0 unspecified atom stereocenters. The Hall–Kier alpha value is -3.83. The molecular formula is C26H26ClF3N6O2. The van der Waals surface area contributed by atoms with Gasteiger partial charge in [0.15, 0.2) is 0 Å². The SMILES string of the molecule is CN(C)CCNC(=O)C1=Cc2c(ncnc2Nc2ccc(Oc3cccc(C(F)(F)F)c3)c(Cl)c2)NCC1. The number of anilines is 3. The second-order valence-electron chi connectivity index (χ2n) is 8.79. The van der Waals surface area contributed by atoms with Gasteiger partial charge in [-0.1, -0.05) is 17.7 Å². The molecule has 0 atom stereocenters. The molecule has 2 aromatic carbocycles. The predicted molar refractivity (Wildman–Crippen MR) is 141 cm³/mol. The Morgan fingerprint density at radius 1 is 1.18 bits per heavy atom. The lowest BCUT2D eigenvalue weighted by Crippen LogP contribution is -2.32. The van der Waals surface area contributed by atoms with E-state index in [9.17, 15) is 18.0 Å². The zero-order chi connectivity index (χ0) is 27.3. The van der Waals surface area contributed by atoms with Crippen LogP contribution in [0.2, 0.25) is 5.02 Å². The molecule has 1 aliphatic heterocycles.